The average Bonchev–Trinajstić information content (AvgIpc) is 2.03. The Morgan fingerprint density at radius 2 is 1.75 bits per heavy atom. The molecule has 66 valence electrons. The van der Waals surface area contributed by atoms with Crippen LogP contribution in [0.3, 0.4) is 0 Å². The van der Waals surface area contributed by atoms with E-state index < -0.39 is 8.60 Å². The molecule has 1 aromatic rings. The van der Waals surface area contributed by atoms with Gasteiger partial charge in [-0.3, -0.25) is 0 Å². The summed E-state index contributed by atoms with van der Waals surface area (Å²) in [5.41, 5.74) is 0.781. The molecular weight excluding hydrogens is 179 g/mol. The molecule has 0 aliphatic carbocycles. The van der Waals surface area contributed by atoms with E-state index in [4.69, 9.17) is 14.9 Å². The normalized spacial score (nSPS) is 10.6. The summed E-state index contributed by atoms with van der Waals surface area (Å²) in [6, 6.07) is 6.31. The number of rotatable bonds is 3. The maximum Gasteiger partial charge on any atom is 0.327 e. The first-order chi connectivity index (χ1) is 5.68. The number of phenolic OH excluding ortho intramolecular Hbond substituents is 1. The van der Waals surface area contributed by atoms with Gasteiger partial charge in [0.1, 0.15) is 5.75 Å². The van der Waals surface area contributed by atoms with Gasteiger partial charge >= 0.3 is 8.60 Å². The van der Waals surface area contributed by atoms with Crippen LogP contribution in [0, 0.1) is 0 Å². The van der Waals surface area contributed by atoms with Crippen LogP contribution < -0.4 is 0 Å². The van der Waals surface area contributed by atoms with Crippen LogP contribution in [0.25, 0.3) is 0 Å². The van der Waals surface area contributed by atoms with Gasteiger partial charge in [-0.2, -0.15) is 0 Å². The van der Waals surface area contributed by atoms with E-state index in [1.807, 2.05) is 0 Å². The molecule has 1 rings (SSSR count). The first-order valence-electron chi connectivity index (χ1n) is 3.27. The Labute approximate surface area is 71.1 Å². The summed E-state index contributed by atoms with van der Waals surface area (Å²) in [5.74, 6) is 0.175. The number of hydrogen-bond donors (Lipinski definition) is 3. The molecule has 0 amide bonds. The van der Waals surface area contributed by atoms with Crippen molar-refractivity contribution >= 4 is 8.60 Å². The molecule has 0 atom stereocenters. The molecule has 0 heterocycles. The molecule has 3 N–H and O–H groups in total. The van der Waals surface area contributed by atoms with Gasteiger partial charge in [-0.05, 0) is 17.7 Å². The molecule has 0 aliphatic heterocycles. The van der Waals surface area contributed by atoms with Gasteiger partial charge in [-0.1, -0.05) is 12.1 Å². The van der Waals surface area contributed by atoms with Crippen molar-refractivity contribution in [2.45, 2.75) is 6.61 Å². The van der Waals surface area contributed by atoms with Crippen LogP contribution in [0.4, 0.5) is 0 Å². The Hall–Kier alpha value is -0.670. The van der Waals surface area contributed by atoms with Gasteiger partial charge in [-0.15, -0.1) is 0 Å². The summed E-state index contributed by atoms with van der Waals surface area (Å²) >= 11 is 0. The largest absolute Gasteiger partial charge is 0.508 e. The van der Waals surface area contributed by atoms with E-state index >= 15 is 0 Å². The minimum atomic E-state index is -2.29. The molecule has 5 heteroatoms. The monoisotopic (exact) mass is 188 g/mol. The molecule has 0 saturated carbocycles. The van der Waals surface area contributed by atoms with Gasteiger partial charge < -0.3 is 19.4 Å². The number of hydrogen-bond acceptors (Lipinski definition) is 4. The standard InChI is InChI=1S/C7H9O4P/c8-7-3-1-6(2-4-7)5-11-12(9)10/h1-4,8-10H,5H2. The lowest BCUT2D eigenvalue weighted by molar-refractivity contribution is 0.246. The highest BCUT2D eigenvalue weighted by Gasteiger charge is 1.99. The zero-order chi connectivity index (χ0) is 8.97. The third kappa shape index (κ3) is 3.15. The highest BCUT2D eigenvalue weighted by atomic mass is 31.2. The van der Waals surface area contributed by atoms with E-state index in [1.54, 1.807) is 12.1 Å². The predicted octanol–water partition coefficient (Wildman–Crippen LogP) is 1.12. The summed E-state index contributed by atoms with van der Waals surface area (Å²) in [5, 5.41) is 8.90. The highest BCUT2D eigenvalue weighted by molar-refractivity contribution is 7.39. The lowest BCUT2D eigenvalue weighted by Gasteiger charge is -2.03. The second-order valence-electron chi connectivity index (χ2n) is 2.19. The zero-order valence-corrected chi connectivity index (χ0v) is 7.11. The van der Waals surface area contributed by atoms with Crippen LogP contribution in [0.1, 0.15) is 5.56 Å². The van der Waals surface area contributed by atoms with E-state index in [-0.39, 0.29) is 12.4 Å². The number of aromatic hydroxyl groups is 1. The molecule has 4 nitrogen and oxygen atoms in total. The summed E-state index contributed by atoms with van der Waals surface area (Å²) in [7, 11) is -2.29. The lowest BCUT2D eigenvalue weighted by atomic mass is 10.2. The Morgan fingerprint density at radius 3 is 2.25 bits per heavy atom. The van der Waals surface area contributed by atoms with Crippen molar-refractivity contribution in [2.24, 2.45) is 0 Å². The molecule has 0 unspecified atom stereocenters. The van der Waals surface area contributed by atoms with Crippen molar-refractivity contribution in [1.82, 2.24) is 0 Å². The maximum atomic E-state index is 8.90. The van der Waals surface area contributed by atoms with E-state index in [1.165, 1.54) is 12.1 Å². The zero-order valence-electron chi connectivity index (χ0n) is 6.21. The van der Waals surface area contributed by atoms with E-state index in [0.29, 0.717) is 0 Å². The smallest absolute Gasteiger partial charge is 0.327 e. The minimum absolute atomic E-state index is 0.138. The van der Waals surface area contributed by atoms with Crippen molar-refractivity contribution in [2.75, 3.05) is 0 Å². The molecule has 0 aromatic heterocycles. The Morgan fingerprint density at radius 1 is 1.17 bits per heavy atom. The fourth-order valence-corrected chi connectivity index (χ4v) is 0.989. The van der Waals surface area contributed by atoms with Crippen molar-refractivity contribution in [3.8, 4) is 5.75 Å². The summed E-state index contributed by atoms with van der Waals surface area (Å²) in [6.07, 6.45) is 0. The van der Waals surface area contributed by atoms with Crippen LogP contribution in [0.15, 0.2) is 24.3 Å². The second-order valence-corrected chi connectivity index (χ2v) is 2.96. The minimum Gasteiger partial charge on any atom is -0.508 e. The van der Waals surface area contributed by atoms with Gasteiger partial charge in [0.2, 0.25) is 0 Å². The van der Waals surface area contributed by atoms with Gasteiger partial charge in [0.05, 0.1) is 6.61 Å². The fourth-order valence-electron chi connectivity index (χ4n) is 0.724. The van der Waals surface area contributed by atoms with Crippen LogP contribution >= 0.6 is 8.60 Å². The summed E-state index contributed by atoms with van der Waals surface area (Å²) < 4.78 is 4.56. The van der Waals surface area contributed by atoms with Crippen molar-refractivity contribution in [3.63, 3.8) is 0 Å². The lowest BCUT2D eigenvalue weighted by Crippen LogP contribution is -1.86. The molecule has 0 spiro atoms. The van der Waals surface area contributed by atoms with Gasteiger partial charge in [0.25, 0.3) is 0 Å². The summed E-state index contributed by atoms with van der Waals surface area (Å²) in [4.78, 5) is 16.8. The second kappa shape index (κ2) is 4.38. The van der Waals surface area contributed by atoms with E-state index in [0.717, 1.165) is 5.56 Å². The van der Waals surface area contributed by atoms with Crippen molar-refractivity contribution in [1.29, 1.82) is 0 Å². The Bertz CT molecular complexity index is 234. The number of phenols is 1. The topological polar surface area (TPSA) is 69.9 Å². The van der Waals surface area contributed by atoms with Crippen LogP contribution in [0.5, 0.6) is 5.75 Å². The van der Waals surface area contributed by atoms with Crippen LogP contribution in [-0.4, -0.2) is 14.9 Å². The van der Waals surface area contributed by atoms with E-state index in [2.05, 4.69) is 4.52 Å². The molecule has 0 radical (unpaired) electrons. The van der Waals surface area contributed by atoms with Crippen LogP contribution in [-0.2, 0) is 11.1 Å². The molecule has 0 saturated heterocycles. The SMILES string of the molecule is Oc1ccc(COP(O)O)cc1. The van der Waals surface area contributed by atoms with Gasteiger partial charge in [0, 0.05) is 0 Å². The molecule has 12 heavy (non-hydrogen) atoms. The van der Waals surface area contributed by atoms with Crippen molar-refractivity contribution < 1.29 is 19.4 Å². The van der Waals surface area contributed by atoms with Crippen molar-refractivity contribution in [3.05, 3.63) is 29.8 Å². The molecule has 0 bridgehead atoms. The van der Waals surface area contributed by atoms with Gasteiger partial charge in [0.15, 0.2) is 0 Å². The van der Waals surface area contributed by atoms with E-state index in [9.17, 15) is 0 Å². The Balaban J connectivity index is 2.48. The Kier molecular flexibility index (Phi) is 3.44. The third-order valence-corrected chi connectivity index (χ3v) is 1.64. The van der Waals surface area contributed by atoms with Crippen LogP contribution in [0.2, 0.25) is 0 Å². The summed E-state index contributed by atoms with van der Waals surface area (Å²) in [6.45, 7) is 0.138. The quantitative estimate of drug-likeness (QED) is 0.621. The maximum absolute atomic E-state index is 8.90. The first-order valence-corrected chi connectivity index (χ1v) is 4.43. The first kappa shape index (κ1) is 9.42. The predicted molar refractivity (Wildman–Crippen MR) is 44.3 cm³/mol. The molecule has 0 aliphatic rings. The highest BCUT2D eigenvalue weighted by Crippen LogP contribution is 2.26. The molecular formula is C7H9O4P. The third-order valence-electron chi connectivity index (χ3n) is 1.28. The molecule has 0 fully saturated rings. The average molecular weight is 188 g/mol. The molecule has 1 aromatic carbocycles. The fraction of sp³-hybridized carbons (Fsp3) is 0.143. The number of benzene rings is 1. The van der Waals surface area contributed by atoms with Gasteiger partial charge in [-0.25, -0.2) is 0 Å².